The fraction of sp³-hybridized carbons (Fsp3) is 0.818. The summed E-state index contributed by atoms with van der Waals surface area (Å²) in [4.78, 5) is 22.8. The molecule has 0 bridgehead atoms. The number of hydrogen-bond donors (Lipinski definition) is 0. The molecule has 0 aromatic carbocycles. The minimum Gasteiger partial charge on any atom is -0.463 e. The van der Waals surface area contributed by atoms with Crippen molar-refractivity contribution in [2.24, 2.45) is 0 Å². The summed E-state index contributed by atoms with van der Waals surface area (Å²) in [5.41, 5.74) is 0. The number of hydrogen-bond acceptors (Lipinski definition) is 4. The van der Waals surface area contributed by atoms with E-state index in [0.29, 0.717) is 32.1 Å². The minimum atomic E-state index is -0.195. The van der Waals surface area contributed by atoms with Crippen LogP contribution in [-0.4, -0.2) is 31.1 Å². The number of methoxy groups -OCH3 is 1. The Labute approximate surface area is 89.9 Å². The van der Waals surface area contributed by atoms with Crippen LogP contribution in [0.15, 0.2) is 0 Å². The number of ether oxygens (including phenoxy) is 2. The number of esters is 1. The van der Waals surface area contributed by atoms with Crippen LogP contribution in [0.1, 0.15) is 39.0 Å². The van der Waals surface area contributed by atoms with Gasteiger partial charge in [0.2, 0.25) is 0 Å². The Bertz CT molecular complexity index is 237. The van der Waals surface area contributed by atoms with Crippen molar-refractivity contribution in [2.45, 2.75) is 51.2 Å². The number of cyclic esters (lactones) is 1. The Balaban J connectivity index is 2.54. The summed E-state index contributed by atoms with van der Waals surface area (Å²) in [7, 11) is 1.57. The quantitative estimate of drug-likeness (QED) is 0.620. The molecule has 4 heteroatoms. The second-order valence-corrected chi connectivity index (χ2v) is 3.98. The Morgan fingerprint density at radius 1 is 1.27 bits per heavy atom. The number of Topliss-reactive ketones (excluding diaryl/α,β-unsaturated/α-hetero) is 1. The molecule has 1 rings (SSSR count). The largest absolute Gasteiger partial charge is 0.463 e. The molecule has 1 aliphatic rings. The van der Waals surface area contributed by atoms with Crippen molar-refractivity contribution in [3.8, 4) is 0 Å². The highest BCUT2D eigenvalue weighted by atomic mass is 16.5. The molecule has 0 unspecified atom stereocenters. The molecule has 1 aliphatic heterocycles. The lowest BCUT2D eigenvalue weighted by Gasteiger charge is -2.19. The SMILES string of the molecule is CO[C@@H]1CCC(=O)O[C@@H](C)CCC(=O)C1. The van der Waals surface area contributed by atoms with Crippen LogP contribution >= 0.6 is 0 Å². The van der Waals surface area contributed by atoms with Gasteiger partial charge in [-0.25, -0.2) is 0 Å². The number of ketones is 1. The normalized spacial score (nSPS) is 29.7. The van der Waals surface area contributed by atoms with Crippen LogP contribution < -0.4 is 0 Å². The first-order valence-electron chi connectivity index (χ1n) is 5.35. The molecule has 4 nitrogen and oxygen atoms in total. The summed E-state index contributed by atoms with van der Waals surface area (Å²) in [6.45, 7) is 1.82. The third-order valence-electron chi connectivity index (χ3n) is 2.62. The predicted molar refractivity (Wildman–Crippen MR) is 54.4 cm³/mol. The van der Waals surface area contributed by atoms with E-state index in [1.165, 1.54) is 0 Å². The average Bonchev–Trinajstić information content (AvgIpc) is 2.20. The third kappa shape index (κ3) is 4.42. The lowest BCUT2D eigenvalue weighted by Crippen LogP contribution is -2.23. The average molecular weight is 214 g/mol. The summed E-state index contributed by atoms with van der Waals surface area (Å²) in [5.74, 6) is -0.00875. The molecule has 0 spiro atoms. The zero-order chi connectivity index (χ0) is 11.3. The van der Waals surface area contributed by atoms with E-state index in [0.717, 1.165) is 0 Å². The maximum Gasteiger partial charge on any atom is 0.306 e. The van der Waals surface area contributed by atoms with Crippen LogP contribution in [-0.2, 0) is 19.1 Å². The molecule has 0 N–H and O–H groups in total. The molecule has 0 aromatic rings. The predicted octanol–water partition coefficient (Wildman–Crippen LogP) is 1.47. The Hall–Kier alpha value is -0.900. The Kier molecular flexibility index (Phi) is 4.75. The van der Waals surface area contributed by atoms with Crippen molar-refractivity contribution in [1.29, 1.82) is 0 Å². The molecular weight excluding hydrogens is 196 g/mol. The molecule has 1 heterocycles. The van der Waals surface area contributed by atoms with Gasteiger partial charge in [-0.05, 0) is 19.8 Å². The van der Waals surface area contributed by atoms with Crippen LogP contribution in [0.5, 0.6) is 0 Å². The van der Waals surface area contributed by atoms with Crippen molar-refractivity contribution >= 4 is 11.8 Å². The second-order valence-electron chi connectivity index (χ2n) is 3.98. The summed E-state index contributed by atoms with van der Waals surface area (Å²) >= 11 is 0. The molecule has 1 fully saturated rings. The van der Waals surface area contributed by atoms with E-state index in [-0.39, 0.29) is 24.0 Å². The van der Waals surface area contributed by atoms with E-state index in [2.05, 4.69) is 0 Å². The van der Waals surface area contributed by atoms with Crippen molar-refractivity contribution in [3.05, 3.63) is 0 Å². The second kappa shape index (κ2) is 5.85. The van der Waals surface area contributed by atoms with E-state index in [1.54, 1.807) is 7.11 Å². The van der Waals surface area contributed by atoms with Crippen molar-refractivity contribution in [2.75, 3.05) is 7.11 Å². The first-order chi connectivity index (χ1) is 7.11. The lowest BCUT2D eigenvalue weighted by molar-refractivity contribution is -0.150. The number of carbonyl (C=O) groups excluding carboxylic acids is 2. The Morgan fingerprint density at radius 3 is 2.67 bits per heavy atom. The van der Waals surface area contributed by atoms with E-state index in [9.17, 15) is 9.59 Å². The van der Waals surface area contributed by atoms with Crippen LogP contribution in [0.4, 0.5) is 0 Å². The fourth-order valence-corrected chi connectivity index (χ4v) is 1.64. The summed E-state index contributed by atoms with van der Waals surface area (Å²) in [6, 6.07) is 0. The van der Waals surface area contributed by atoms with Gasteiger partial charge in [-0.1, -0.05) is 0 Å². The highest BCUT2D eigenvalue weighted by Crippen LogP contribution is 2.14. The van der Waals surface area contributed by atoms with Gasteiger partial charge in [0.05, 0.1) is 12.2 Å². The van der Waals surface area contributed by atoms with Crippen molar-refractivity contribution < 1.29 is 19.1 Å². The summed E-state index contributed by atoms with van der Waals surface area (Å²) in [5, 5.41) is 0. The van der Waals surface area contributed by atoms with Crippen molar-refractivity contribution in [3.63, 3.8) is 0 Å². The zero-order valence-corrected chi connectivity index (χ0v) is 9.32. The van der Waals surface area contributed by atoms with Crippen LogP contribution in [0.3, 0.4) is 0 Å². The molecular formula is C11H18O4. The number of carbonyl (C=O) groups is 2. The van der Waals surface area contributed by atoms with Gasteiger partial charge >= 0.3 is 5.97 Å². The smallest absolute Gasteiger partial charge is 0.306 e. The molecule has 2 atom stereocenters. The van der Waals surface area contributed by atoms with Gasteiger partial charge < -0.3 is 9.47 Å². The monoisotopic (exact) mass is 214 g/mol. The van der Waals surface area contributed by atoms with Gasteiger partial charge in [0.25, 0.3) is 0 Å². The summed E-state index contributed by atoms with van der Waals surface area (Å²) in [6.07, 6.45) is 2.09. The molecule has 1 saturated heterocycles. The van der Waals surface area contributed by atoms with Crippen LogP contribution in [0.2, 0.25) is 0 Å². The van der Waals surface area contributed by atoms with Gasteiger partial charge in [0.15, 0.2) is 0 Å². The van der Waals surface area contributed by atoms with Gasteiger partial charge in [-0.3, -0.25) is 9.59 Å². The zero-order valence-electron chi connectivity index (χ0n) is 9.32. The lowest BCUT2D eigenvalue weighted by atomic mass is 10.0. The van der Waals surface area contributed by atoms with Gasteiger partial charge in [-0.15, -0.1) is 0 Å². The van der Waals surface area contributed by atoms with Crippen LogP contribution in [0, 0.1) is 0 Å². The van der Waals surface area contributed by atoms with Gasteiger partial charge in [-0.2, -0.15) is 0 Å². The van der Waals surface area contributed by atoms with Gasteiger partial charge in [0.1, 0.15) is 5.78 Å². The molecule has 0 radical (unpaired) electrons. The van der Waals surface area contributed by atoms with Gasteiger partial charge in [0, 0.05) is 26.4 Å². The van der Waals surface area contributed by atoms with E-state index >= 15 is 0 Å². The Morgan fingerprint density at radius 2 is 2.00 bits per heavy atom. The number of rotatable bonds is 1. The molecule has 0 aromatic heterocycles. The first-order valence-corrected chi connectivity index (χ1v) is 5.35. The highest BCUT2D eigenvalue weighted by molar-refractivity contribution is 5.79. The molecule has 0 amide bonds. The molecule has 15 heavy (non-hydrogen) atoms. The highest BCUT2D eigenvalue weighted by Gasteiger charge is 2.19. The van der Waals surface area contributed by atoms with E-state index in [4.69, 9.17) is 9.47 Å². The minimum absolute atomic E-state index is 0.140. The molecule has 86 valence electrons. The molecule has 0 aliphatic carbocycles. The maximum atomic E-state index is 11.5. The van der Waals surface area contributed by atoms with Crippen molar-refractivity contribution in [1.82, 2.24) is 0 Å². The first kappa shape index (κ1) is 12.2. The summed E-state index contributed by atoms with van der Waals surface area (Å²) < 4.78 is 10.3. The van der Waals surface area contributed by atoms with Crippen LogP contribution in [0.25, 0.3) is 0 Å². The molecule has 0 saturated carbocycles. The van der Waals surface area contributed by atoms with E-state index in [1.807, 2.05) is 6.92 Å². The fourth-order valence-electron chi connectivity index (χ4n) is 1.64. The maximum absolute atomic E-state index is 11.5. The standard InChI is InChI=1S/C11H18O4/c1-8-3-4-9(12)7-10(14-2)5-6-11(13)15-8/h8,10H,3-7H2,1-2H3/t8-,10+/m0/s1. The third-order valence-corrected chi connectivity index (χ3v) is 2.62. The van der Waals surface area contributed by atoms with E-state index < -0.39 is 0 Å². The topological polar surface area (TPSA) is 52.6 Å².